The van der Waals surface area contributed by atoms with Gasteiger partial charge in [-0.05, 0) is 61.4 Å². The minimum absolute atomic E-state index is 0.188. The SMILES string of the molecule is Cc1cccc(C(=O)Nc2ccc(C(=O)NNC(=O)CCc3ccccc3Cl)cc2)c1. The first kappa shape index (κ1) is 22.1. The third-order valence-corrected chi connectivity index (χ3v) is 4.95. The average Bonchev–Trinajstić information content (AvgIpc) is 2.77. The molecule has 3 N–H and O–H groups in total. The second-order valence-electron chi connectivity index (χ2n) is 6.99. The van der Waals surface area contributed by atoms with Gasteiger partial charge in [-0.2, -0.15) is 0 Å². The third-order valence-electron chi connectivity index (χ3n) is 4.58. The van der Waals surface area contributed by atoms with Crippen LogP contribution in [0.1, 0.15) is 38.3 Å². The van der Waals surface area contributed by atoms with Crippen molar-refractivity contribution in [3.8, 4) is 0 Å². The van der Waals surface area contributed by atoms with Crippen molar-refractivity contribution >= 4 is 35.0 Å². The van der Waals surface area contributed by atoms with E-state index < -0.39 is 5.91 Å². The Morgan fingerprint density at radius 1 is 0.806 bits per heavy atom. The van der Waals surface area contributed by atoms with E-state index in [9.17, 15) is 14.4 Å². The lowest BCUT2D eigenvalue weighted by Gasteiger charge is -2.09. The molecule has 0 heterocycles. The summed E-state index contributed by atoms with van der Waals surface area (Å²) in [7, 11) is 0. The maximum atomic E-state index is 12.3. The number of hydrazine groups is 1. The fourth-order valence-corrected chi connectivity index (χ4v) is 3.14. The molecular formula is C24H22ClN3O3. The van der Waals surface area contributed by atoms with E-state index in [1.54, 1.807) is 42.5 Å². The van der Waals surface area contributed by atoms with Gasteiger partial charge in [0.25, 0.3) is 11.8 Å². The van der Waals surface area contributed by atoms with Crippen molar-refractivity contribution in [3.63, 3.8) is 0 Å². The maximum absolute atomic E-state index is 12.3. The Hall–Kier alpha value is -3.64. The summed E-state index contributed by atoms with van der Waals surface area (Å²) in [6.45, 7) is 1.92. The van der Waals surface area contributed by atoms with Gasteiger partial charge in [0.05, 0.1) is 0 Å². The molecule has 0 aromatic heterocycles. The van der Waals surface area contributed by atoms with Crippen molar-refractivity contribution in [1.82, 2.24) is 10.9 Å². The normalized spacial score (nSPS) is 10.3. The Bertz CT molecular complexity index is 1100. The molecule has 0 atom stereocenters. The number of nitrogens with one attached hydrogen (secondary N) is 3. The van der Waals surface area contributed by atoms with Gasteiger partial charge in [0.2, 0.25) is 5.91 Å². The summed E-state index contributed by atoms with van der Waals surface area (Å²) in [6, 6.07) is 21.0. The molecule has 0 saturated carbocycles. The highest BCUT2D eigenvalue weighted by Crippen LogP contribution is 2.16. The van der Waals surface area contributed by atoms with Crippen molar-refractivity contribution in [3.05, 3.63) is 100 Å². The first-order valence-corrected chi connectivity index (χ1v) is 10.1. The van der Waals surface area contributed by atoms with Crippen LogP contribution in [0.3, 0.4) is 0 Å². The topological polar surface area (TPSA) is 87.3 Å². The van der Waals surface area contributed by atoms with E-state index in [1.807, 2.05) is 37.3 Å². The van der Waals surface area contributed by atoms with Gasteiger partial charge < -0.3 is 5.32 Å². The first-order valence-electron chi connectivity index (χ1n) is 9.73. The summed E-state index contributed by atoms with van der Waals surface area (Å²) in [6.07, 6.45) is 0.657. The van der Waals surface area contributed by atoms with Gasteiger partial charge in [0.15, 0.2) is 0 Å². The van der Waals surface area contributed by atoms with Crippen LogP contribution in [0.4, 0.5) is 5.69 Å². The molecule has 7 heteroatoms. The monoisotopic (exact) mass is 435 g/mol. The van der Waals surface area contributed by atoms with Crippen LogP contribution in [0, 0.1) is 6.92 Å². The molecule has 31 heavy (non-hydrogen) atoms. The summed E-state index contributed by atoms with van der Waals surface area (Å²) in [4.78, 5) is 36.5. The number of anilines is 1. The Morgan fingerprint density at radius 3 is 2.26 bits per heavy atom. The highest BCUT2D eigenvalue weighted by atomic mass is 35.5. The highest BCUT2D eigenvalue weighted by Gasteiger charge is 2.10. The minimum Gasteiger partial charge on any atom is -0.322 e. The zero-order valence-electron chi connectivity index (χ0n) is 16.9. The van der Waals surface area contributed by atoms with Crippen LogP contribution in [0.25, 0.3) is 0 Å². The molecule has 158 valence electrons. The van der Waals surface area contributed by atoms with Gasteiger partial charge in [-0.25, -0.2) is 0 Å². The van der Waals surface area contributed by atoms with Crippen molar-refractivity contribution in [2.24, 2.45) is 0 Å². The number of amides is 3. The van der Waals surface area contributed by atoms with Crippen LogP contribution in [-0.2, 0) is 11.2 Å². The predicted molar refractivity (Wildman–Crippen MR) is 121 cm³/mol. The molecule has 0 spiro atoms. The van der Waals surface area contributed by atoms with E-state index in [0.717, 1.165) is 11.1 Å². The van der Waals surface area contributed by atoms with Crippen LogP contribution < -0.4 is 16.2 Å². The van der Waals surface area contributed by atoms with E-state index in [-0.39, 0.29) is 18.2 Å². The number of benzene rings is 3. The minimum atomic E-state index is -0.456. The molecule has 3 aromatic rings. The summed E-state index contributed by atoms with van der Waals surface area (Å²) >= 11 is 6.07. The quantitative estimate of drug-likeness (QED) is 0.504. The maximum Gasteiger partial charge on any atom is 0.269 e. The van der Waals surface area contributed by atoms with Crippen molar-refractivity contribution in [1.29, 1.82) is 0 Å². The lowest BCUT2D eigenvalue weighted by atomic mass is 10.1. The molecular weight excluding hydrogens is 414 g/mol. The number of halogens is 1. The van der Waals surface area contributed by atoms with Crippen LogP contribution >= 0.6 is 11.6 Å². The van der Waals surface area contributed by atoms with Gasteiger partial charge >= 0.3 is 0 Å². The molecule has 0 saturated heterocycles. The first-order chi connectivity index (χ1) is 14.9. The van der Waals surface area contributed by atoms with E-state index in [2.05, 4.69) is 16.2 Å². The third kappa shape index (κ3) is 6.42. The van der Waals surface area contributed by atoms with Crippen molar-refractivity contribution < 1.29 is 14.4 Å². The molecule has 0 radical (unpaired) electrons. The Labute approximate surface area is 185 Å². The number of carbonyl (C=O) groups is 3. The average molecular weight is 436 g/mol. The second-order valence-corrected chi connectivity index (χ2v) is 7.40. The Morgan fingerprint density at radius 2 is 1.55 bits per heavy atom. The summed E-state index contributed by atoms with van der Waals surface area (Å²) in [5, 5.41) is 3.39. The smallest absolute Gasteiger partial charge is 0.269 e. The number of aryl methyl sites for hydroxylation is 2. The standard InChI is InChI=1S/C24H22ClN3O3/c1-16-5-4-7-19(15-16)23(30)26-20-12-9-18(10-13-20)24(31)28-27-22(29)14-11-17-6-2-3-8-21(17)25/h2-10,12-13,15H,11,14H2,1H3,(H,26,30)(H,27,29)(H,28,31). The number of hydrogen-bond donors (Lipinski definition) is 3. The summed E-state index contributed by atoms with van der Waals surface area (Å²) in [5.74, 6) is -1.01. The fraction of sp³-hybridized carbons (Fsp3) is 0.125. The van der Waals surface area contributed by atoms with Crippen molar-refractivity contribution in [2.75, 3.05) is 5.32 Å². The molecule has 6 nitrogen and oxygen atoms in total. The van der Waals surface area contributed by atoms with Gasteiger partial charge in [-0.15, -0.1) is 0 Å². The highest BCUT2D eigenvalue weighted by molar-refractivity contribution is 6.31. The van der Waals surface area contributed by atoms with Gasteiger partial charge in [0.1, 0.15) is 0 Å². The van der Waals surface area contributed by atoms with E-state index in [0.29, 0.717) is 28.3 Å². The molecule has 0 unspecified atom stereocenters. The molecule has 3 rings (SSSR count). The van der Waals surface area contributed by atoms with Crippen LogP contribution in [-0.4, -0.2) is 17.7 Å². The summed E-state index contributed by atoms with van der Waals surface area (Å²) < 4.78 is 0. The molecule has 0 bridgehead atoms. The van der Waals surface area contributed by atoms with E-state index in [4.69, 9.17) is 11.6 Å². The van der Waals surface area contributed by atoms with Crippen LogP contribution in [0.5, 0.6) is 0 Å². The summed E-state index contributed by atoms with van der Waals surface area (Å²) in [5.41, 5.74) is 8.11. The fourth-order valence-electron chi connectivity index (χ4n) is 2.90. The number of rotatable bonds is 6. The van der Waals surface area contributed by atoms with E-state index in [1.165, 1.54) is 0 Å². The lowest BCUT2D eigenvalue weighted by Crippen LogP contribution is -2.41. The Balaban J connectivity index is 1.48. The molecule has 0 fully saturated rings. The molecule has 0 aliphatic heterocycles. The van der Waals surface area contributed by atoms with Crippen molar-refractivity contribution in [2.45, 2.75) is 19.8 Å². The van der Waals surface area contributed by atoms with Gasteiger partial charge in [0, 0.05) is 28.3 Å². The zero-order chi connectivity index (χ0) is 22.2. The molecule has 3 amide bonds. The zero-order valence-corrected chi connectivity index (χ0v) is 17.7. The van der Waals surface area contributed by atoms with Gasteiger partial charge in [-0.1, -0.05) is 47.5 Å². The number of carbonyl (C=O) groups excluding carboxylic acids is 3. The molecule has 0 aliphatic rings. The van der Waals surface area contributed by atoms with Crippen LogP contribution in [0.15, 0.2) is 72.8 Å². The lowest BCUT2D eigenvalue weighted by molar-refractivity contribution is -0.121. The van der Waals surface area contributed by atoms with Crippen LogP contribution in [0.2, 0.25) is 5.02 Å². The predicted octanol–water partition coefficient (Wildman–Crippen LogP) is 4.29. The molecule has 3 aromatic carbocycles. The largest absolute Gasteiger partial charge is 0.322 e. The molecule has 0 aliphatic carbocycles. The number of hydrogen-bond acceptors (Lipinski definition) is 3. The van der Waals surface area contributed by atoms with E-state index >= 15 is 0 Å². The van der Waals surface area contributed by atoms with Gasteiger partial charge in [-0.3, -0.25) is 25.2 Å². The Kier molecular flexibility index (Phi) is 7.40. The second kappa shape index (κ2) is 10.4.